The van der Waals surface area contributed by atoms with Gasteiger partial charge < -0.3 is 5.32 Å². The first-order valence-electron chi connectivity index (χ1n) is 10.3. The molecule has 7 rings (SSSR count). The lowest BCUT2D eigenvalue weighted by Gasteiger charge is -2.69. The Labute approximate surface area is 169 Å². The van der Waals surface area contributed by atoms with E-state index in [1.165, 1.54) is 6.20 Å². The Bertz CT molecular complexity index is 1050. The maximum Gasteiger partial charge on any atom is 0.394 e. The van der Waals surface area contributed by atoms with Crippen molar-refractivity contribution >= 4 is 5.91 Å². The Balaban J connectivity index is 1.20. The Morgan fingerprint density at radius 2 is 1.90 bits per heavy atom. The number of rotatable bonds is 4. The third-order valence-electron chi connectivity index (χ3n) is 7.36. The molecule has 158 valence electrons. The van der Waals surface area contributed by atoms with E-state index in [1.54, 1.807) is 16.8 Å². The van der Waals surface area contributed by atoms with Crippen molar-refractivity contribution in [1.82, 2.24) is 20.1 Å². The second-order valence-corrected chi connectivity index (χ2v) is 9.44. The minimum absolute atomic E-state index is 0.112. The summed E-state index contributed by atoms with van der Waals surface area (Å²) >= 11 is 0. The number of alkyl halides is 3. The van der Waals surface area contributed by atoms with E-state index in [-0.39, 0.29) is 31.2 Å². The minimum atomic E-state index is -4.23. The third-order valence-corrected chi connectivity index (χ3v) is 7.36. The van der Waals surface area contributed by atoms with E-state index in [9.17, 15) is 22.4 Å². The topological polar surface area (TPSA) is 59.8 Å². The van der Waals surface area contributed by atoms with Gasteiger partial charge in [0.1, 0.15) is 0 Å². The van der Waals surface area contributed by atoms with Crippen LogP contribution in [0.15, 0.2) is 18.3 Å². The fourth-order valence-corrected chi connectivity index (χ4v) is 5.46. The minimum Gasteiger partial charge on any atom is -0.347 e. The summed E-state index contributed by atoms with van der Waals surface area (Å²) in [7, 11) is 0. The summed E-state index contributed by atoms with van der Waals surface area (Å²) in [4.78, 5) is 16.9. The van der Waals surface area contributed by atoms with Gasteiger partial charge in [0, 0.05) is 23.7 Å². The number of fused-ring (bicyclic) bond motifs is 1. The van der Waals surface area contributed by atoms with Gasteiger partial charge in [-0.2, -0.15) is 18.3 Å². The molecule has 30 heavy (non-hydrogen) atoms. The Hall–Kier alpha value is -2.45. The highest BCUT2D eigenvalue weighted by atomic mass is 19.4. The maximum absolute atomic E-state index is 14.4. The van der Waals surface area contributed by atoms with Crippen molar-refractivity contribution in [1.29, 1.82) is 0 Å². The van der Waals surface area contributed by atoms with Gasteiger partial charge in [-0.25, -0.2) is 4.39 Å². The summed E-state index contributed by atoms with van der Waals surface area (Å²) in [6.45, 7) is 0.571. The second-order valence-electron chi connectivity index (χ2n) is 9.44. The summed E-state index contributed by atoms with van der Waals surface area (Å²) in [6, 6.07) is 3.20. The molecule has 2 bridgehead atoms. The molecule has 4 fully saturated rings. The van der Waals surface area contributed by atoms with Gasteiger partial charge in [-0.05, 0) is 50.7 Å². The van der Waals surface area contributed by atoms with Crippen molar-refractivity contribution in [2.45, 2.75) is 63.2 Å². The number of carbonyl (C=O) groups excluding carboxylic acids is 1. The highest BCUT2D eigenvalue weighted by Crippen LogP contribution is 2.78. The van der Waals surface area contributed by atoms with Crippen LogP contribution in [0.1, 0.15) is 61.9 Å². The predicted octanol–water partition coefficient (Wildman–Crippen LogP) is 4.26. The quantitative estimate of drug-likeness (QED) is 0.753. The molecule has 9 heteroatoms. The van der Waals surface area contributed by atoms with Gasteiger partial charge in [-0.15, -0.1) is 0 Å². The number of carbonyl (C=O) groups is 1. The van der Waals surface area contributed by atoms with Crippen molar-refractivity contribution in [3.8, 4) is 11.3 Å². The van der Waals surface area contributed by atoms with Crippen LogP contribution in [0.3, 0.4) is 0 Å². The molecule has 1 aliphatic heterocycles. The van der Waals surface area contributed by atoms with Crippen LogP contribution < -0.4 is 5.32 Å². The number of hydrogen-bond donors (Lipinski definition) is 1. The molecular weight excluding hydrogens is 400 g/mol. The van der Waals surface area contributed by atoms with Crippen LogP contribution in [0, 0.1) is 16.6 Å². The van der Waals surface area contributed by atoms with Crippen molar-refractivity contribution < 1.29 is 22.4 Å². The van der Waals surface area contributed by atoms with Crippen LogP contribution in [0.5, 0.6) is 0 Å². The van der Waals surface area contributed by atoms with Gasteiger partial charge in [0.05, 0.1) is 34.5 Å². The average Bonchev–Trinajstić information content (AvgIpc) is 3.25. The lowest BCUT2D eigenvalue weighted by Crippen LogP contribution is -2.72. The van der Waals surface area contributed by atoms with Crippen molar-refractivity contribution in [2.24, 2.45) is 10.8 Å². The lowest BCUT2D eigenvalue weighted by atomic mass is 9.34. The second kappa shape index (κ2) is 5.62. The van der Waals surface area contributed by atoms with E-state index in [4.69, 9.17) is 0 Å². The van der Waals surface area contributed by atoms with Crippen LogP contribution in [0.4, 0.5) is 17.6 Å². The number of amides is 1. The predicted molar refractivity (Wildman–Crippen MR) is 97.7 cm³/mol. The van der Waals surface area contributed by atoms with Crippen molar-refractivity contribution in [2.75, 3.05) is 0 Å². The smallest absolute Gasteiger partial charge is 0.347 e. The molecule has 5 nitrogen and oxygen atoms in total. The Morgan fingerprint density at radius 1 is 1.17 bits per heavy atom. The summed E-state index contributed by atoms with van der Waals surface area (Å²) in [5.74, 6) is -0.358. The molecule has 0 aromatic carbocycles. The summed E-state index contributed by atoms with van der Waals surface area (Å²) in [5.41, 5.74) is -0.00100. The zero-order valence-electron chi connectivity index (χ0n) is 16.1. The molecule has 1 amide bonds. The molecule has 4 aliphatic carbocycles. The van der Waals surface area contributed by atoms with Crippen LogP contribution in [0.25, 0.3) is 11.3 Å². The molecule has 0 spiro atoms. The average molecular weight is 420 g/mol. The van der Waals surface area contributed by atoms with Gasteiger partial charge in [0.15, 0.2) is 5.82 Å². The van der Waals surface area contributed by atoms with Crippen LogP contribution >= 0.6 is 0 Å². The van der Waals surface area contributed by atoms with Gasteiger partial charge in [-0.3, -0.25) is 14.5 Å². The third kappa shape index (κ3) is 2.43. The number of aromatic nitrogens is 3. The van der Waals surface area contributed by atoms with Gasteiger partial charge >= 0.3 is 6.18 Å². The molecule has 4 saturated carbocycles. The number of pyridine rings is 1. The molecule has 2 aromatic rings. The van der Waals surface area contributed by atoms with E-state index < -0.39 is 22.8 Å². The van der Waals surface area contributed by atoms with E-state index in [1.807, 2.05) is 0 Å². The highest BCUT2D eigenvalue weighted by molar-refractivity contribution is 5.87. The molecule has 1 N–H and O–H groups in total. The van der Waals surface area contributed by atoms with Gasteiger partial charge in [-0.1, -0.05) is 0 Å². The Kier molecular flexibility index (Phi) is 3.43. The maximum atomic E-state index is 14.4. The SMILES string of the molecule is O=C(NC1CCn2nc(-c3cc(C4CC4)ncc3F)cc21)C12CC(C(F)(F)F)(C1)C2. The molecule has 0 radical (unpaired) electrons. The number of nitrogens with zero attached hydrogens (tertiary/aromatic N) is 3. The van der Waals surface area contributed by atoms with E-state index >= 15 is 0 Å². The Morgan fingerprint density at radius 3 is 2.57 bits per heavy atom. The zero-order chi connectivity index (χ0) is 20.9. The van der Waals surface area contributed by atoms with Crippen LogP contribution in [-0.4, -0.2) is 26.8 Å². The van der Waals surface area contributed by atoms with Gasteiger partial charge in [0.2, 0.25) is 5.91 Å². The summed E-state index contributed by atoms with van der Waals surface area (Å²) in [6.07, 6.45) is -0.598. The molecular formula is C21H20F4N4O. The summed E-state index contributed by atoms with van der Waals surface area (Å²) < 4.78 is 55.3. The van der Waals surface area contributed by atoms with Crippen LogP contribution in [0.2, 0.25) is 0 Å². The standard InChI is InChI=1S/C21H20F4N4O/c22-13-7-26-15(11-1-2-11)5-12(13)16-6-17-14(3-4-29(17)28-16)27-18(30)19-8-20(9-19,10-19)21(23,24)25/h5-7,11,14H,1-4,8-10H2,(H,27,30). The summed E-state index contributed by atoms with van der Waals surface area (Å²) in [5, 5.41) is 7.43. The normalized spacial score (nSPS) is 31.7. The first kappa shape index (κ1) is 18.3. The number of hydrogen-bond acceptors (Lipinski definition) is 3. The van der Waals surface area contributed by atoms with E-state index in [0.29, 0.717) is 30.1 Å². The molecule has 5 aliphatic rings. The van der Waals surface area contributed by atoms with Gasteiger partial charge in [0.25, 0.3) is 0 Å². The molecule has 1 atom stereocenters. The number of halogens is 4. The van der Waals surface area contributed by atoms with E-state index in [0.717, 1.165) is 24.2 Å². The van der Waals surface area contributed by atoms with Crippen LogP contribution in [-0.2, 0) is 11.3 Å². The molecule has 0 saturated heterocycles. The monoisotopic (exact) mass is 420 g/mol. The fraction of sp³-hybridized carbons (Fsp3) is 0.571. The highest BCUT2D eigenvalue weighted by Gasteiger charge is 2.80. The number of aryl methyl sites for hydroxylation is 1. The largest absolute Gasteiger partial charge is 0.394 e. The fourth-order valence-electron chi connectivity index (χ4n) is 5.46. The number of nitrogens with one attached hydrogen (secondary N) is 1. The van der Waals surface area contributed by atoms with E-state index in [2.05, 4.69) is 15.4 Å². The first-order valence-corrected chi connectivity index (χ1v) is 10.3. The first-order chi connectivity index (χ1) is 14.2. The molecule has 3 heterocycles. The van der Waals surface area contributed by atoms with Crippen molar-refractivity contribution in [3.05, 3.63) is 35.5 Å². The molecule has 1 unspecified atom stereocenters. The zero-order valence-corrected chi connectivity index (χ0v) is 16.1. The lowest BCUT2D eigenvalue weighted by molar-refractivity contribution is -0.351. The van der Waals surface area contributed by atoms with Crippen molar-refractivity contribution in [3.63, 3.8) is 0 Å². The molecule has 2 aromatic heterocycles.